The zero-order valence-electron chi connectivity index (χ0n) is 15.1. The molecule has 1 heterocycles. The van der Waals surface area contributed by atoms with Crippen LogP contribution in [0.15, 0.2) is 6.07 Å². The van der Waals surface area contributed by atoms with Gasteiger partial charge < -0.3 is 10.6 Å². The topological polar surface area (TPSA) is 55.0 Å². The van der Waals surface area contributed by atoms with Gasteiger partial charge in [-0.1, -0.05) is 25.7 Å². The molecule has 4 heteroatoms. The van der Waals surface area contributed by atoms with Gasteiger partial charge in [0.05, 0.1) is 0 Å². The zero-order valence-corrected chi connectivity index (χ0v) is 15.1. The van der Waals surface area contributed by atoms with Gasteiger partial charge in [-0.15, -0.1) is 0 Å². The second-order valence-corrected chi connectivity index (χ2v) is 8.43. The van der Waals surface area contributed by atoms with E-state index in [0.717, 1.165) is 36.9 Å². The van der Waals surface area contributed by atoms with Gasteiger partial charge in [0, 0.05) is 43.2 Å². The lowest BCUT2D eigenvalue weighted by molar-refractivity contribution is 0.344. The highest BCUT2D eigenvalue weighted by Crippen LogP contribution is 2.41. The fourth-order valence-electron chi connectivity index (χ4n) is 4.33. The van der Waals surface area contributed by atoms with E-state index in [1.807, 2.05) is 0 Å². The van der Waals surface area contributed by atoms with Crippen LogP contribution in [0, 0.1) is 5.92 Å². The van der Waals surface area contributed by atoms with E-state index >= 15 is 0 Å². The van der Waals surface area contributed by atoms with Crippen LogP contribution in [0.25, 0.3) is 0 Å². The lowest BCUT2D eigenvalue weighted by Crippen LogP contribution is -2.35. The summed E-state index contributed by atoms with van der Waals surface area (Å²) in [6.45, 7) is 1.11. The third-order valence-corrected chi connectivity index (χ3v) is 6.26. The normalized spacial score (nSPS) is 27.2. The Morgan fingerprint density at radius 2 is 1.83 bits per heavy atom. The van der Waals surface area contributed by atoms with Crippen molar-refractivity contribution in [1.82, 2.24) is 9.97 Å². The SMILES string of the molecule is CN(CCCC1CCCC1)c1cc(C2CC(N)C2)nc(C2CC2)n1. The predicted molar refractivity (Wildman–Crippen MR) is 98.4 cm³/mol. The van der Waals surface area contributed by atoms with Crippen LogP contribution < -0.4 is 10.6 Å². The van der Waals surface area contributed by atoms with E-state index in [1.54, 1.807) is 0 Å². The van der Waals surface area contributed by atoms with Gasteiger partial charge in [-0.2, -0.15) is 0 Å². The molecule has 1 aromatic rings. The summed E-state index contributed by atoms with van der Waals surface area (Å²) in [5.41, 5.74) is 7.23. The summed E-state index contributed by atoms with van der Waals surface area (Å²) in [5.74, 6) is 4.38. The Labute approximate surface area is 146 Å². The monoisotopic (exact) mass is 328 g/mol. The molecule has 4 rings (SSSR count). The van der Waals surface area contributed by atoms with E-state index in [-0.39, 0.29) is 0 Å². The summed E-state index contributed by atoms with van der Waals surface area (Å²) < 4.78 is 0. The molecular formula is C20H32N4. The average Bonchev–Trinajstić information content (AvgIpc) is 3.29. The largest absolute Gasteiger partial charge is 0.360 e. The van der Waals surface area contributed by atoms with Crippen molar-refractivity contribution in [2.75, 3.05) is 18.5 Å². The molecule has 0 unspecified atom stereocenters. The molecule has 3 saturated carbocycles. The summed E-state index contributed by atoms with van der Waals surface area (Å²) in [6.07, 6.45) is 13.2. The summed E-state index contributed by atoms with van der Waals surface area (Å²) >= 11 is 0. The molecule has 24 heavy (non-hydrogen) atoms. The lowest BCUT2D eigenvalue weighted by atomic mass is 9.78. The van der Waals surface area contributed by atoms with E-state index in [2.05, 4.69) is 18.0 Å². The summed E-state index contributed by atoms with van der Waals surface area (Å²) in [6, 6.07) is 2.61. The van der Waals surface area contributed by atoms with Crippen molar-refractivity contribution < 1.29 is 0 Å². The van der Waals surface area contributed by atoms with Gasteiger partial charge >= 0.3 is 0 Å². The van der Waals surface area contributed by atoms with Crippen molar-refractivity contribution in [2.45, 2.75) is 82.1 Å². The molecule has 2 N–H and O–H groups in total. The van der Waals surface area contributed by atoms with Crippen LogP contribution in [0.1, 0.15) is 87.6 Å². The van der Waals surface area contributed by atoms with Gasteiger partial charge in [0.25, 0.3) is 0 Å². The molecule has 3 aliphatic rings. The second kappa shape index (κ2) is 6.99. The Morgan fingerprint density at radius 3 is 2.50 bits per heavy atom. The van der Waals surface area contributed by atoms with E-state index in [9.17, 15) is 0 Å². The van der Waals surface area contributed by atoms with Crippen molar-refractivity contribution in [3.8, 4) is 0 Å². The van der Waals surface area contributed by atoms with Gasteiger partial charge in [0.1, 0.15) is 11.6 Å². The highest BCUT2D eigenvalue weighted by Gasteiger charge is 2.32. The highest BCUT2D eigenvalue weighted by atomic mass is 15.2. The fourth-order valence-corrected chi connectivity index (χ4v) is 4.33. The molecule has 3 fully saturated rings. The zero-order chi connectivity index (χ0) is 16.5. The maximum absolute atomic E-state index is 5.99. The molecule has 0 amide bonds. The molecule has 0 bridgehead atoms. The van der Waals surface area contributed by atoms with Gasteiger partial charge in [-0.05, 0) is 44.4 Å². The van der Waals surface area contributed by atoms with Crippen molar-refractivity contribution in [3.05, 3.63) is 17.6 Å². The molecule has 0 aromatic carbocycles. The number of hydrogen-bond donors (Lipinski definition) is 1. The van der Waals surface area contributed by atoms with Gasteiger partial charge in [0.15, 0.2) is 0 Å². The smallest absolute Gasteiger partial charge is 0.134 e. The van der Waals surface area contributed by atoms with Crippen LogP contribution in [0.5, 0.6) is 0 Å². The first kappa shape index (κ1) is 16.3. The Morgan fingerprint density at radius 1 is 1.08 bits per heavy atom. The Bertz CT molecular complexity index is 557. The van der Waals surface area contributed by atoms with E-state index < -0.39 is 0 Å². The average molecular weight is 329 g/mol. The Kier molecular flexibility index (Phi) is 4.75. The third kappa shape index (κ3) is 3.74. The van der Waals surface area contributed by atoms with Gasteiger partial charge in [0.2, 0.25) is 0 Å². The first-order valence-electron chi connectivity index (χ1n) is 10.0. The number of hydrogen-bond acceptors (Lipinski definition) is 4. The van der Waals surface area contributed by atoms with E-state index in [0.29, 0.717) is 17.9 Å². The van der Waals surface area contributed by atoms with E-state index in [1.165, 1.54) is 57.1 Å². The van der Waals surface area contributed by atoms with Crippen molar-refractivity contribution in [1.29, 1.82) is 0 Å². The molecule has 1 aromatic heterocycles. The first-order chi connectivity index (χ1) is 11.7. The molecule has 0 atom stereocenters. The second-order valence-electron chi connectivity index (χ2n) is 8.43. The molecular weight excluding hydrogens is 296 g/mol. The summed E-state index contributed by atoms with van der Waals surface area (Å²) in [4.78, 5) is 12.1. The van der Waals surface area contributed by atoms with Crippen molar-refractivity contribution >= 4 is 5.82 Å². The third-order valence-electron chi connectivity index (χ3n) is 6.26. The number of anilines is 1. The van der Waals surface area contributed by atoms with Crippen molar-refractivity contribution in [2.24, 2.45) is 11.7 Å². The van der Waals surface area contributed by atoms with Crippen LogP contribution in [-0.4, -0.2) is 29.6 Å². The minimum atomic E-state index is 0.377. The Hall–Kier alpha value is -1.16. The predicted octanol–water partition coefficient (Wildman–Crippen LogP) is 3.97. The lowest BCUT2D eigenvalue weighted by Gasteiger charge is -2.32. The number of nitrogens with two attached hydrogens (primary N) is 1. The van der Waals surface area contributed by atoms with Crippen LogP contribution in [0.3, 0.4) is 0 Å². The van der Waals surface area contributed by atoms with Gasteiger partial charge in [-0.25, -0.2) is 9.97 Å². The number of aromatic nitrogens is 2. The van der Waals surface area contributed by atoms with Crippen LogP contribution in [0.4, 0.5) is 5.82 Å². The Balaban J connectivity index is 1.40. The van der Waals surface area contributed by atoms with Crippen LogP contribution in [-0.2, 0) is 0 Å². The van der Waals surface area contributed by atoms with Gasteiger partial charge in [-0.3, -0.25) is 0 Å². The quantitative estimate of drug-likeness (QED) is 0.823. The fraction of sp³-hybridized carbons (Fsp3) is 0.800. The minimum Gasteiger partial charge on any atom is -0.360 e. The molecule has 0 spiro atoms. The standard InChI is InChI=1S/C20H32N4/c1-24(10-4-7-14-5-2-3-6-14)19-13-18(16-11-17(21)12-16)22-20(23-19)15-8-9-15/h13-17H,2-12,21H2,1H3. The maximum atomic E-state index is 5.99. The minimum absolute atomic E-state index is 0.377. The van der Waals surface area contributed by atoms with Crippen LogP contribution in [0.2, 0.25) is 0 Å². The van der Waals surface area contributed by atoms with Crippen LogP contribution >= 0.6 is 0 Å². The maximum Gasteiger partial charge on any atom is 0.134 e. The molecule has 3 aliphatic carbocycles. The summed E-state index contributed by atoms with van der Waals surface area (Å²) in [5, 5.41) is 0. The molecule has 0 saturated heterocycles. The highest BCUT2D eigenvalue weighted by molar-refractivity contribution is 5.41. The van der Waals surface area contributed by atoms with Crippen molar-refractivity contribution in [3.63, 3.8) is 0 Å². The molecule has 4 nitrogen and oxygen atoms in total. The molecule has 0 aliphatic heterocycles. The molecule has 132 valence electrons. The number of nitrogens with zero attached hydrogens (tertiary/aromatic N) is 3. The first-order valence-corrected chi connectivity index (χ1v) is 10.0. The summed E-state index contributed by atoms with van der Waals surface area (Å²) in [7, 11) is 2.20. The van der Waals surface area contributed by atoms with E-state index in [4.69, 9.17) is 15.7 Å². The number of rotatable bonds is 7. The molecule has 0 radical (unpaired) electrons.